The second kappa shape index (κ2) is 5.56. The van der Waals surface area contributed by atoms with Gasteiger partial charge in [-0.2, -0.15) is 0 Å². The molecule has 0 bridgehead atoms. The molecule has 3 nitrogen and oxygen atoms in total. The highest BCUT2D eigenvalue weighted by molar-refractivity contribution is 9.10. The highest BCUT2D eigenvalue weighted by Gasteiger charge is 2.31. The fourth-order valence-electron chi connectivity index (χ4n) is 1.59. The zero-order chi connectivity index (χ0) is 14.0. The van der Waals surface area contributed by atoms with Crippen molar-refractivity contribution in [2.45, 2.75) is 16.4 Å². The molecule has 0 amide bonds. The number of carbonyl (C=O) groups is 1. The molecule has 1 atom stereocenters. The number of thiophene rings is 1. The van der Waals surface area contributed by atoms with E-state index in [0.717, 1.165) is 15.8 Å². The molecule has 0 N–H and O–H groups in total. The van der Waals surface area contributed by atoms with E-state index in [0.29, 0.717) is 5.56 Å². The van der Waals surface area contributed by atoms with Crippen molar-refractivity contribution in [3.8, 4) is 0 Å². The summed E-state index contributed by atoms with van der Waals surface area (Å²) in [7, 11) is -3.60. The number of halogens is 1. The standard InChI is InChI=1S/C13H11BrO3S2/c1-9(19(16,17)12-3-2-8-18-12)13(15)10-4-6-11(14)7-5-10/h2-9H,1H3. The van der Waals surface area contributed by atoms with Gasteiger partial charge in [-0.05, 0) is 30.5 Å². The van der Waals surface area contributed by atoms with E-state index in [2.05, 4.69) is 15.9 Å². The van der Waals surface area contributed by atoms with Gasteiger partial charge in [0, 0.05) is 10.0 Å². The maximum absolute atomic E-state index is 12.3. The molecular formula is C13H11BrO3S2. The first-order valence-corrected chi connectivity index (χ1v) is 8.72. The van der Waals surface area contributed by atoms with Crippen molar-refractivity contribution in [3.05, 3.63) is 51.8 Å². The number of carbonyl (C=O) groups excluding carboxylic acids is 1. The Kier molecular flexibility index (Phi) is 4.23. The Balaban J connectivity index is 2.32. The number of rotatable bonds is 4. The van der Waals surface area contributed by atoms with Gasteiger partial charge in [0.2, 0.25) is 0 Å². The van der Waals surface area contributed by atoms with Crippen molar-refractivity contribution in [2.24, 2.45) is 0 Å². The molecule has 0 spiro atoms. The lowest BCUT2D eigenvalue weighted by Gasteiger charge is -2.10. The second-order valence-corrected chi connectivity index (χ2v) is 8.35. The van der Waals surface area contributed by atoms with Gasteiger partial charge in [-0.3, -0.25) is 4.79 Å². The van der Waals surface area contributed by atoms with Crippen LogP contribution in [-0.2, 0) is 9.84 Å². The fraction of sp³-hybridized carbons (Fsp3) is 0.154. The Bertz CT molecular complexity index is 673. The maximum atomic E-state index is 12.3. The third-order valence-electron chi connectivity index (χ3n) is 2.74. The summed E-state index contributed by atoms with van der Waals surface area (Å²) in [5.74, 6) is -0.388. The Morgan fingerprint density at radius 3 is 2.37 bits per heavy atom. The lowest BCUT2D eigenvalue weighted by atomic mass is 10.1. The number of hydrogen-bond donors (Lipinski definition) is 0. The minimum Gasteiger partial charge on any atom is -0.293 e. The summed E-state index contributed by atoms with van der Waals surface area (Å²) >= 11 is 4.40. The van der Waals surface area contributed by atoms with Crippen molar-refractivity contribution in [3.63, 3.8) is 0 Å². The average Bonchev–Trinajstić information content (AvgIpc) is 2.92. The van der Waals surface area contributed by atoms with E-state index in [1.807, 2.05) is 0 Å². The Morgan fingerprint density at radius 1 is 1.21 bits per heavy atom. The predicted molar refractivity (Wildman–Crippen MR) is 79.4 cm³/mol. The molecule has 1 unspecified atom stereocenters. The van der Waals surface area contributed by atoms with Crippen LogP contribution in [0.5, 0.6) is 0 Å². The molecule has 6 heteroatoms. The summed E-state index contributed by atoms with van der Waals surface area (Å²) in [6.45, 7) is 1.43. The molecule has 100 valence electrons. The number of hydrogen-bond acceptors (Lipinski definition) is 4. The Morgan fingerprint density at radius 2 is 1.84 bits per heavy atom. The number of sulfone groups is 1. The van der Waals surface area contributed by atoms with Crippen LogP contribution in [0.4, 0.5) is 0 Å². The van der Waals surface area contributed by atoms with Gasteiger partial charge in [0.05, 0.1) is 0 Å². The second-order valence-electron chi connectivity index (χ2n) is 3.99. The summed E-state index contributed by atoms with van der Waals surface area (Å²) in [4.78, 5) is 12.2. The topological polar surface area (TPSA) is 51.2 Å². The summed E-state index contributed by atoms with van der Waals surface area (Å²) in [5, 5.41) is 0.608. The Labute approximate surface area is 124 Å². The van der Waals surface area contributed by atoms with Gasteiger partial charge in [0.25, 0.3) is 0 Å². The molecule has 2 rings (SSSR count). The smallest absolute Gasteiger partial charge is 0.197 e. The van der Waals surface area contributed by atoms with E-state index >= 15 is 0 Å². The highest BCUT2D eigenvalue weighted by atomic mass is 79.9. The summed E-state index contributed by atoms with van der Waals surface area (Å²) in [6.07, 6.45) is 0. The van der Waals surface area contributed by atoms with Crippen LogP contribution in [0.2, 0.25) is 0 Å². The van der Waals surface area contributed by atoms with Gasteiger partial charge in [-0.25, -0.2) is 8.42 Å². The number of ketones is 1. The third-order valence-corrected chi connectivity index (χ3v) is 6.76. The molecule has 0 aliphatic heterocycles. The van der Waals surface area contributed by atoms with E-state index in [4.69, 9.17) is 0 Å². The van der Waals surface area contributed by atoms with Gasteiger partial charge >= 0.3 is 0 Å². The van der Waals surface area contributed by atoms with Crippen LogP contribution in [0.25, 0.3) is 0 Å². The minimum absolute atomic E-state index is 0.227. The van der Waals surface area contributed by atoms with Crippen molar-refractivity contribution >= 4 is 42.9 Å². The average molecular weight is 359 g/mol. The summed E-state index contributed by atoms with van der Waals surface area (Å²) in [5.41, 5.74) is 0.399. The molecule has 19 heavy (non-hydrogen) atoms. The van der Waals surface area contributed by atoms with Crippen molar-refractivity contribution < 1.29 is 13.2 Å². The zero-order valence-electron chi connectivity index (χ0n) is 10.0. The van der Waals surface area contributed by atoms with Crippen molar-refractivity contribution in [1.29, 1.82) is 0 Å². The first-order chi connectivity index (χ1) is 8.93. The quantitative estimate of drug-likeness (QED) is 0.785. The van der Waals surface area contributed by atoms with Crippen molar-refractivity contribution in [2.75, 3.05) is 0 Å². The monoisotopic (exact) mass is 358 g/mol. The third kappa shape index (κ3) is 2.96. The van der Waals surface area contributed by atoms with Crippen LogP contribution in [0.3, 0.4) is 0 Å². The van der Waals surface area contributed by atoms with Crippen LogP contribution >= 0.6 is 27.3 Å². The van der Waals surface area contributed by atoms with Gasteiger partial charge in [0.1, 0.15) is 9.46 Å². The first kappa shape index (κ1) is 14.4. The van der Waals surface area contributed by atoms with Crippen LogP contribution < -0.4 is 0 Å². The van der Waals surface area contributed by atoms with Crippen LogP contribution in [0, 0.1) is 0 Å². The largest absolute Gasteiger partial charge is 0.293 e. The van der Waals surface area contributed by atoms with E-state index in [1.165, 1.54) is 13.0 Å². The molecule has 1 aromatic carbocycles. The van der Waals surface area contributed by atoms with Gasteiger partial charge in [-0.15, -0.1) is 11.3 Å². The van der Waals surface area contributed by atoms with Crippen LogP contribution in [0.15, 0.2) is 50.5 Å². The van der Waals surface area contributed by atoms with E-state index < -0.39 is 15.1 Å². The maximum Gasteiger partial charge on any atom is 0.197 e. The molecular weight excluding hydrogens is 348 g/mol. The molecule has 0 fully saturated rings. The first-order valence-electron chi connectivity index (χ1n) is 5.50. The van der Waals surface area contributed by atoms with E-state index in [9.17, 15) is 13.2 Å². The van der Waals surface area contributed by atoms with Gasteiger partial charge in [-0.1, -0.05) is 34.1 Å². The summed E-state index contributed by atoms with van der Waals surface area (Å²) < 4.78 is 25.6. The lowest BCUT2D eigenvalue weighted by Crippen LogP contribution is -2.27. The molecule has 0 saturated carbocycles. The lowest BCUT2D eigenvalue weighted by molar-refractivity contribution is 0.0991. The van der Waals surface area contributed by atoms with E-state index in [1.54, 1.807) is 35.7 Å². The van der Waals surface area contributed by atoms with Crippen LogP contribution in [0.1, 0.15) is 17.3 Å². The fourth-order valence-corrected chi connectivity index (χ4v) is 4.47. The molecule has 0 saturated heterocycles. The SMILES string of the molecule is CC(C(=O)c1ccc(Br)cc1)S(=O)(=O)c1cccs1. The predicted octanol–water partition coefficient (Wildman–Crippen LogP) is 3.56. The van der Waals surface area contributed by atoms with Crippen molar-refractivity contribution in [1.82, 2.24) is 0 Å². The molecule has 1 heterocycles. The van der Waals surface area contributed by atoms with E-state index in [-0.39, 0.29) is 9.99 Å². The minimum atomic E-state index is -3.60. The van der Waals surface area contributed by atoms with Gasteiger partial charge < -0.3 is 0 Å². The molecule has 0 aliphatic rings. The molecule has 0 radical (unpaired) electrons. The van der Waals surface area contributed by atoms with Crippen LogP contribution in [-0.4, -0.2) is 19.5 Å². The summed E-state index contributed by atoms with van der Waals surface area (Å²) in [6, 6.07) is 9.86. The molecule has 0 aliphatic carbocycles. The number of benzene rings is 1. The molecule has 1 aromatic heterocycles. The highest BCUT2D eigenvalue weighted by Crippen LogP contribution is 2.23. The Hall–Kier alpha value is -0.980. The zero-order valence-corrected chi connectivity index (χ0v) is 13.3. The molecule has 2 aromatic rings. The normalized spacial score (nSPS) is 13.2. The number of Topliss-reactive ketones (excluding diaryl/α,β-unsaturated/α-hetero) is 1. The van der Waals surface area contributed by atoms with Gasteiger partial charge in [0.15, 0.2) is 15.6 Å².